The van der Waals surface area contributed by atoms with Gasteiger partial charge < -0.3 is 19.9 Å². The molecule has 3 rings (SSSR count). The first-order valence-corrected chi connectivity index (χ1v) is 8.68. The lowest BCUT2D eigenvalue weighted by Gasteiger charge is -2.26. The van der Waals surface area contributed by atoms with Crippen LogP contribution in [0.4, 0.5) is 11.4 Å². The standard InChI is InChI=1S/C18H28N3O/c1-2-20-9-4-10-21(12-11-20)18-6-3-5-17(15-18)19-16-7-13-22-14-8-16/h3,6,15-16,19H,2,4,7-14H2,1H3. The van der Waals surface area contributed by atoms with Crippen LogP contribution in [0.15, 0.2) is 18.2 Å². The molecule has 2 heterocycles. The molecule has 1 N–H and O–H groups in total. The maximum Gasteiger partial charge on any atom is 0.0485 e. The van der Waals surface area contributed by atoms with E-state index in [1.54, 1.807) is 0 Å². The van der Waals surface area contributed by atoms with Crippen molar-refractivity contribution in [3.8, 4) is 0 Å². The van der Waals surface area contributed by atoms with Gasteiger partial charge in [-0.15, -0.1) is 0 Å². The first kappa shape index (κ1) is 15.6. The van der Waals surface area contributed by atoms with Crippen molar-refractivity contribution in [1.82, 2.24) is 4.90 Å². The fourth-order valence-corrected chi connectivity index (χ4v) is 3.34. The normalized spacial score (nSPS) is 21.6. The van der Waals surface area contributed by atoms with Crippen molar-refractivity contribution in [2.24, 2.45) is 0 Å². The summed E-state index contributed by atoms with van der Waals surface area (Å²) in [6.45, 7) is 9.81. The predicted molar refractivity (Wildman–Crippen MR) is 91.7 cm³/mol. The highest BCUT2D eigenvalue weighted by Crippen LogP contribution is 2.22. The maximum atomic E-state index is 5.43. The molecule has 2 aliphatic heterocycles. The van der Waals surface area contributed by atoms with Gasteiger partial charge in [-0.25, -0.2) is 0 Å². The molecule has 0 saturated carbocycles. The van der Waals surface area contributed by atoms with Crippen molar-refractivity contribution in [3.63, 3.8) is 0 Å². The van der Waals surface area contributed by atoms with Crippen LogP contribution in [0.2, 0.25) is 0 Å². The summed E-state index contributed by atoms with van der Waals surface area (Å²) in [5.41, 5.74) is 2.45. The molecule has 0 aliphatic carbocycles. The summed E-state index contributed by atoms with van der Waals surface area (Å²) in [6, 6.07) is 10.4. The summed E-state index contributed by atoms with van der Waals surface area (Å²) in [5.74, 6) is 0. The molecule has 1 radical (unpaired) electrons. The van der Waals surface area contributed by atoms with Crippen LogP contribution in [0.3, 0.4) is 0 Å². The Bertz CT molecular complexity index is 459. The maximum absolute atomic E-state index is 5.43. The monoisotopic (exact) mass is 302 g/mol. The van der Waals surface area contributed by atoms with Crippen LogP contribution in [-0.4, -0.2) is 56.9 Å². The van der Waals surface area contributed by atoms with Crippen molar-refractivity contribution >= 4 is 11.4 Å². The van der Waals surface area contributed by atoms with E-state index >= 15 is 0 Å². The third kappa shape index (κ3) is 4.14. The van der Waals surface area contributed by atoms with Crippen LogP contribution in [0.25, 0.3) is 0 Å². The highest BCUT2D eigenvalue weighted by atomic mass is 16.5. The number of hydrogen-bond donors (Lipinski definition) is 1. The number of anilines is 2. The average Bonchev–Trinajstić information content (AvgIpc) is 2.81. The van der Waals surface area contributed by atoms with Crippen LogP contribution in [0.5, 0.6) is 0 Å². The van der Waals surface area contributed by atoms with Gasteiger partial charge in [-0.3, -0.25) is 0 Å². The smallest absolute Gasteiger partial charge is 0.0485 e. The molecular formula is C18H28N3O. The van der Waals surface area contributed by atoms with Gasteiger partial charge in [-0.1, -0.05) is 13.0 Å². The first-order chi connectivity index (χ1) is 10.8. The quantitative estimate of drug-likeness (QED) is 0.925. The Balaban J connectivity index is 1.62. The van der Waals surface area contributed by atoms with Gasteiger partial charge in [-0.05, 0) is 44.5 Å². The van der Waals surface area contributed by atoms with Crippen LogP contribution < -0.4 is 10.2 Å². The fraction of sp³-hybridized carbons (Fsp3) is 0.667. The Kier molecular flexibility index (Phi) is 5.57. The van der Waals surface area contributed by atoms with Crippen molar-refractivity contribution in [2.75, 3.05) is 56.2 Å². The Morgan fingerprint density at radius 3 is 2.91 bits per heavy atom. The van der Waals surface area contributed by atoms with E-state index in [0.717, 1.165) is 57.9 Å². The molecule has 2 saturated heterocycles. The number of hydrogen-bond acceptors (Lipinski definition) is 4. The van der Waals surface area contributed by atoms with Gasteiger partial charge in [0.2, 0.25) is 0 Å². The van der Waals surface area contributed by atoms with E-state index < -0.39 is 0 Å². The van der Waals surface area contributed by atoms with Crippen molar-refractivity contribution < 1.29 is 4.74 Å². The molecule has 4 nitrogen and oxygen atoms in total. The summed E-state index contributed by atoms with van der Waals surface area (Å²) in [7, 11) is 0. The molecule has 0 unspecified atom stereocenters. The molecule has 1 aromatic rings. The van der Waals surface area contributed by atoms with Crippen LogP contribution in [-0.2, 0) is 4.74 Å². The number of nitrogens with zero attached hydrogens (tertiary/aromatic N) is 2. The minimum atomic E-state index is 0.528. The van der Waals surface area contributed by atoms with E-state index in [1.165, 1.54) is 18.7 Å². The van der Waals surface area contributed by atoms with Crippen LogP contribution >= 0.6 is 0 Å². The van der Waals surface area contributed by atoms with E-state index in [2.05, 4.69) is 46.3 Å². The number of ether oxygens (including phenoxy) is 1. The SMILES string of the molecule is CCN1CCCN(c2cc[c]c(NC3CCOCC3)c2)CC1. The number of nitrogens with one attached hydrogen (secondary N) is 1. The molecule has 22 heavy (non-hydrogen) atoms. The predicted octanol–water partition coefficient (Wildman–Crippen LogP) is 2.61. The fourth-order valence-electron chi connectivity index (χ4n) is 3.34. The molecule has 121 valence electrons. The highest BCUT2D eigenvalue weighted by molar-refractivity contribution is 5.58. The summed E-state index contributed by atoms with van der Waals surface area (Å²) >= 11 is 0. The summed E-state index contributed by atoms with van der Waals surface area (Å²) in [5, 5.41) is 3.62. The molecule has 2 aliphatic rings. The van der Waals surface area contributed by atoms with E-state index in [0.29, 0.717) is 6.04 Å². The first-order valence-electron chi connectivity index (χ1n) is 8.68. The van der Waals surface area contributed by atoms with Crippen LogP contribution in [0.1, 0.15) is 26.2 Å². The lowest BCUT2D eigenvalue weighted by atomic mass is 10.1. The number of benzene rings is 1. The summed E-state index contributed by atoms with van der Waals surface area (Å²) in [4.78, 5) is 5.05. The van der Waals surface area contributed by atoms with Gasteiger partial charge in [0.05, 0.1) is 0 Å². The van der Waals surface area contributed by atoms with Crippen molar-refractivity contribution in [1.29, 1.82) is 0 Å². The minimum Gasteiger partial charge on any atom is -0.382 e. The zero-order valence-electron chi connectivity index (χ0n) is 13.7. The largest absolute Gasteiger partial charge is 0.382 e. The molecule has 1 aromatic carbocycles. The van der Waals surface area contributed by atoms with Gasteiger partial charge in [0, 0.05) is 56.3 Å². The average molecular weight is 302 g/mol. The second kappa shape index (κ2) is 7.84. The van der Waals surface area contributed by atoms with Crippen molar-refractivity contribution in [3.05, 3.63) is 24.3 Å². The molecule has 0 atom stereocenters. The number of rotatable bonds is 4. The summed E-state index contributed by atoms with van der Waals surface area (Å²) < 4.78 is 5.43. The Hall–Kier alpha value is -1.26. The molecule has 0 bridgehead atoms. The number of likely N-dealkylation sites (N-methyl/N-ethyl adjacent to an activating group) is 1. The zero-order chi connectivity index (χ0) is 15.2. The van der Waals surface area contributed by atoms with Gasteiger partial charge in [0.1, 0.15) is 0 Å². The molecule has 0 spiro atoms. The topological polar surface area (TPSA) is 27.7 Å². The summed E-state index contributed by atoms with van der Waals surface area (Å²) in [6.07, 6.45) is 3.43. The second-order valence-electron chi connectivity index (χ2n) is 6.27. The Morgan fingerprint density at radius 2 is 2.09 bits per heavy atom. The van der Waals surface area contributed by atoms with E-state index in [9.17, 15) is 0 Å². The Morgan fingerprint density at radius 1 is 1.23 bits per heavy atom. The zero-order valence-corrected chi connectivity index (χ0v) is 13.7. The van der Waals surface area contributed by atoms with Gasteiger partial charge in [0.25, 0.3) is 0 Å². The van der Waals surface area contributed by atoms with E-state index in [1.807, 2.05) is 0 Å². The minimum absolute atomic E-state index is 0.528. The third-order valence-corrected chi connectivity index (χ3v) is 4.77. The Labute approximate surface area is 134 Å². The molecular weight excluding hydrogens is 274 g/mol. The lowest BCUT2D eigenvalue weighted by molar-refractivity contribution is 0.0904. The molecule has 4 heteroatoms. The van der Waals surface area contributed by atoms with E-state index in [-0.39, 0.29) is 0 Å². The molecule has 0 amide bonds. The molecule has 2 fully saturated rings. The van der Waals surface area contributed by atoms with Crippen molar-refractivity contribution in [2.45, 2.75) is 32.2 Å². The van der Waals surface area contributed by atoms with Gasteiger partial charge in [0.15, 0.2) is 0 Å². The molecule has 0 aromatic heterocycles. The second-order valence-corrected chi connectivity index (χ2v) is 6.27. The van der Waals surface area contributed by atoms with Gasteiger partial charge in [-0.2, -0.15) is 0 Å². The van der Waals surface area contributed by atoms with Gasteiger partial charge >= 0.3 is 0 Å². The lowest BCUT2D eigenvalue weighted by Crippen LogP contribution is -2.31. The third-order valence-electron chi connectivity index (χ3n) is 4.77. The van der Waals surface area contributed by atoms with E-state index in [4.69, 9.17) is 4.74 Å². The van der Waals surface area contributed by atoms with Crippen LogP contribution in [0, 0.1) is 6.07 Å². The highest BCUT2D eigenvalue weighted by Gasteiger charge is 2.16.